The number of nitriles is 1. The van der Waals surface area contributed by atoms with Crippen molar-refractivity contribution in [2.75, 3.05) is 14.1 Å². The van der Waals surface area contributed by atoms with E-state index in [9.17, 15) is 5.26 Å². The molecule has 1 heterocycles. The highest BCUT2D eigenvalue weighted by atomic mass is 15.1. The van der Waals surface area contributed by atoms with Crippen LogP contribution in [0, 0.1) is 11.3 Å². The highest BCUT2D eigenvalue weighted by molar-refractivity contribution is 6.16. The summed E-state index contributed by atoms with van der Waals surface area (Å²) >= 11 is 0. The van der Waals surface area contributed by atoms with E-state index in [1.54, 1.807) is 0 Å². The zero-order chi connectivity index (χ0) is 24.4. The number of likely N-dealkylation sites (N-methyl/N-ethyl adjacent to an activating group) is 1. The van der Waals surface area contributed by atoms with Crippen LogP contribution in [0.5, 0.6) is 0 Å². The van der Waals surface area contributed by atoms with E-state index >= 15 is 0 Å². The smallest absolute Gasteiger partial charge is 0.0975 e. The Morgan fingerprint density at radius 2 is 1.97 bits per heavy atom. The highest BCUT2D eigenvalue weighted by Crippen LogP contribution is 2.35. The number of aryl methyl sites for hydroxylation is 1. The second kappa shape index (κ2) is 12.6. The molecule has 0 saturated carbocycles. The van der Waals surface area contributed by atoms with Gasteiger partial charge in [-0.2, -0.15) is 5.26 Å². The summed E-state index contributed by atoms with van der Waals surface area (Å²) in [5.41, 5.74) is 8.28. The fourth-order valence-electron chi connectivity index (χ4n) is 4.21. The van der Waals surface area contributed by atoms with E-state index in [0.29, 0.717) is 0 Å². The van der Waals surface area contributed by atoms with Crippen LogP contribution in [0.2, 0.25) is 0 Å². The Labute approximate surface area is 200 Å². The normalized spacial score (nSPS) is 16.8. The monoisotopic (exact) mass is 439 g/mol. The van der Waals surface area contributed by atoms with Crippen molar-refractivity contribution in [3.05, 3.63) is 100 Å². The van der Waals surface area contributed by atoms with Crippen molar-refractivity contribution in [3.8, 4) is 6.07 Å². The van der Waals surface area contributed by atoms with E-state index in [1.807, 2.05) is 49.5 Å². The summed E-state index contributed by atoms with van der Waals surface area (Å²) in [5.74, 6) is -0.112. The van der Waals surface area contributed by atoms with Gasteiger partial charge in [-0.05, 0) is 53.7 Å². The molecule has 0 aromatic heterocycles. The minimum atomic E-state index is -0.112. The van der Waals surface area contributed by atoms with Crippen LogP contribution in [0.1, 0.15) is 68.7 Å². The fourth-order valence-corrected chi connectivity index (χ4v) is 4.21. The lowest BCUT2D eigenvalue weighted by Crippen LogP contribution is -2.18. The summed E-state index contributed by atoms with van der Waals surface area (Å²) in [4.78, 5) is 6.79. The first-order valence-electron chi connectivity index (χ1n) is 11.8. The first kappa shape index (κ1) is 25.9. The van der Waals surface area contributed by atoms with Gasteiger partial charge in [0.05, 0.1) is 23.1 Å². The molecule has 0 aliphatic carbocycles. The van der Waals surface area contributed by atoms with Gasteiger partial charge in [0.1, 0.15) is 0 Å². The van der Waals surface area contributed by atoms with Crippen molar-refractivity contribution in [2.45, 2.75) is 52.9 Å². The van der Waals surface area contributed by atoms with Crippen molar-refractivity contribution < 1.29 is 0 Å². The number of benzene rings is 1. The summed E-state index contributed by atoms with van der Waals surface area (Å²) in [6.45, 7) is 12.6. The third kappa shape index (κ3) is 5.90. The summed E-state index contributed by atoms with van der Waals surface area (Å²) in [7, 11) is 3.84. The molecule has 3 nitrogen and oxygen atoms in total. The van der Waals surface area contributed by atoms with Crippen molar-refractivity contribution >= 4 is 11.8 Å². The molecular weight excluding hydrogens is 402 g/mol. The largest absolute Gasteiger partial charge is 0.350 e. The van der Waals surface area contributed by atoms with Crippen LogP contribution in [0.25, 0.3) is 6.08 Å². The van der Waals surface area contributed by atoms with E-state index < -0.39 is 0 Å². The first-order valence-corrected chi connectivity index (χ1v) is 11.8. The Morgan fingerprint density at radius 3 is 2.52 bits per heavy atom. The molecule has 0 spiro atoms. The van der Waals surface area contributed by atoms with E-state index in [1.165, 1.54) is 5.56 Å². The maximum absolute atomic E-state index is 10.2. The Balaban J connectivity index is 2.86. The average Bonchev–Trinajstić information content (AvgIpc) is 2.84. The molecule has 0 amide bonds. The zero-order valence-electron chi connectivity index (χ0n) is 21.0. The molecule has 172 valence electrons. The average molecular weight is 440 g/mol. The zero-order valence-corrected chi connectivity index (χ0v) is 21.0. The van der Waals surface area contributed by atoms with Gasteiger partial charge < -0.3 is 4.90 Å². The van der Waals surface area contributed by atoms with Crippen LogP contribution in [0.4, 0.5) is 0 Å². The predicted molar refractivity (Wildman–Crippen MR) is 143 cm³/mol. The van der Waals surface area contributed by atoms with Gasteiger partial charge in [0, 0.05) is 31.8 Å². The predicted octanol–water partition coefficient (Wildman–Crippen LogP) is 7.51. The first-order chi connectivity index (χ1) is 16.0. The molecule has 33 heavy (non-hydrogen) atoms. The van der Waals surface area contributed by atoms with Gasteiger partial charge in [-0.1, -0.05) is 76.8 Å². The van der Waals surface area contributed by atoms with E-state index in [0.717, 1.165) is 58.5 Å². The Kier molecular flexibility index (Phi) is 9.88. The molecule has 1 aromatic rings. The Hall–Kier alpha value is -3.38. The van der Waals surface area contributed by atoms with Crippen LogP contribution in [0.15, 0.2) is 83.2 Å². The molecular formula is C30H37N3. The molecule has 1 unspecified atom stereocenters. The number of hydrogen-bond donors (Lipinski definition) is 0. The quantitative estimate of drug-likeness (QED) is 0.227. The van der Waals surface area contributed by atoms with E-state index in [-0.39, 0.29) is 5.92 Å². The Morgan fingerprint density at radius 1 is 1.21 bits per heavy atom. The van der Waals surface area contributed by atoms with E-state index in [2.05, 4.69) is 70.7 Å². The third-order valence-corrected chi connectivity index (χ3v) is 5.93. The van der Waals surface area contributed by atoms with E-state index in [4.69, 9.17) is 4.99 Å². The number of rotatable bonds is 9. The van der Waals surface area contributed by atoms with Crippen LogP contribution in [-0.4, -0.2) is 24.7 Å². The Bertz CT molecular complexity index is 1080. The van der Waals surface area contributed by atoms with Gasteiger partial charge in [-0.25, -0.2) is 0 Å². The van der Waals surface area contributed by atoms with Gasteiger partial charge in [0.15, 0.2) is 0 Å². The van der Waals surface area contributed by atoms with Crippen molar-refractivity contribution in [1.82, 2.24) is 4.90 Å². The molecule has 0 bridgehead atoms. The number of nitrogens with zero attached hydrogens (tertiary/aromatic N) is 3. The molecule has 1 aromatic carbocycles. The van der Waals surface area contributed by atoms with Crippen LogP contribution in [0.3, 0.4) is 0 Å². The molecule has 3 heteroatoms. The standard InChI is InChI=1S/C30H37N3/c1-8-12-16-25(15-9-2)30(32-6)29-24(11-4)19-23(10-3)20-26(29)22(5)27(21-31)28-17-13-14-18-33(28)7/h10,12-20,22H,3,8-9,11H2,1-2,4-7H3/b16-12-,25-15+,28-27-,32-30?. The van der Waals surface area contributed by atoms with Crippen LogP contribution in [-0.2, 0) is 6.42 Å². The molecule has 0 saturated heterocycles. The lowest BCUT2D eigenvalue weighted by molar-refractivity contribution is 0.572. The van der Waals surface area contributed by atoms with Crippen LogP contribution < -0.4 is 0 Å². The summed E-state index contributed by atoms with van der Waals surface area (Å²) in [6.07, 6.45) is 19.2. The molecule has 0 radical (unpaired) electrons. The van der Waals surface area contributed by atoms with Gasteiger partial charge in [-0.3, -0.25) is 4.99 Å². The number of aliphatic imine (C=N–C) groups is 1. The van der Waals surface area contributed by atoms with Crippen molar-refractivity contribution in [3.63, 3.8) is 0 Å². The van der Waals surface area contributed by atoms with Gasteiger partial charge in [-0.15, -0.1) is 0 Å². The number of hydrogen-bond acceptors (Lipinski definition) is 3. The minimum Gasteiger partial charge on any atom is -0.350 e. The molecule has 1 aliphatic heterocycles. The molecule has 1 atom stereocenters. The third-order valence-electron chi connectivity index (χ3n) is 5.93. The summed E-state index contributed by atoms with van der Waals surface area (Å²) in [5, 5.41) is 10.2. The lowest BCUT2D eigenvalue weighted by atomic mass is 9.81. The number of allylic oxidation sites excluding steroid dienone is 8. The van der Waals surface area contributed by atoms with Crippen molar-refractivity contribution in [2.24, 2.45) is 4.99 Å². The summed E-state index contributed by atoms with van der Waals surface area (Å²) < 4.78 is 0. The molecule has 2 rings (SSSR count). The van der Waals surface area contributed by atoms with Crippen LogP contribution >= 0.6 is 0 Å². The topological polar surface area (TPSA) is 39.4 Å². The molecule has 0 N–H and O–H groups in total. The maximum atomic E-state index is 10.2. The molecule has 0 fully saturated rings. The fraction of sp³-hybridized carbons (Fsp3) is 0.333. The summed E-state index contributed by atoms with van der Waals surface area (Å²) in [6, 6.07) is 6.88. The van der Waals surface area contributed by atoms with Gasteiger partial charge in [0.25, 0.3) is 0 Å². The highest BCUT2D eigenvalue weighted by Gasteiger charge is 2.25. The van der Waals surface area contributed by atoms with Crippen molar-refractivity contribution in [1.29, 1.82) is 5.26 Å². The maximum Gasteiger partial charge on any atom is 0.0975 e. The molecule has 1 aliphatic rings. The lowest BCUT2D eigenvalue weighted by Gasteiger charge is -2.26. The van der Waals surface area contributed by atoms with Gasteiger partial charge in [0.2, 0.25) is 0 Å². The minimum absolute atomic E-state index is 0.112. The second-order valence-electron chi connectivity index (χ2n) is 8.10. The SMILES string of the molecule is C=Cc1cc(CC)c(C(=NC)C(/C=C\CC)=C/CC)c(C(C)/C(C#N)=C2/C=CC=CN2C)c1. The van der Waals surface area contributed by atoms with Gasteiger partial charge >= 0.3 is 0 Å². The second-order valence-corrected chi connectivity index (χ2v) is 8.10.